The first-order chi connectivity index (χ1) is 7.16. The molecule has 0 aliphatic rings. The van der Waals surface area contributed by atoms with Crippen LogP contribution in [0.1, 0.15) is 28.1 Å². The van der Waals surface area contributed by atoms with Gasteiger partial charge in [-0.1, -0.05) is 27.5 Å². The molecule has 0 saturated heterocycles. The summed E-state index contributed by atoms with van der Waals surface area (Å²) in [7, 11) is 0. The molecule has 1 heterocycles. The quantitative estimate of drug-likeness (QED) is 0.653. The van der Waals surface area contributed by atoms with E-state index in [1.165, 1.54) is 11.3 Å². The lowest BCUT2D eigenvalue weighted by molar-refractivity contribution is 0.0957. The highest BCUT2D eigenvalue weighted by Gasteiger charge is 2.13. The van der Waals surface area contributed by atoms with Crippen LogP contribution in [0.5, 0.6) is 0 Å². The van der Waals surface area contributed by atoms with Gasteiger partial charge in [-0.2, -0.15) is 0 Å². The minimum absolute atomic E-state index is 0.0623. The van der Waals surface area contributed by atoms with Crippen molar-refractivity contribution in [1.29, 1.82) is 0 Å². The van der Waals surface area contributed by atoms with E-state index in [9.17, 15) is 4.79 Å². The summed E-state index contributed by atoms with van der Waals surface area (Å²) in [5.41, 5.74) is 0.965. The lowest BCUT2D eigenvalue weighted by Gasteiger charge is -2.02. The molecule has 2 nitrogen and oxygen atoms in total. The number of hydrogen-bond acceptors (Lipinski definition) is 2. The van der Waals surface area contributed by atoms with Crippen LogP contribution in [0.15, 0.2) is 5.38 Å². The normalized spacial score (nSPS) is 10.3. The molecule has 0 unspecified atom stereocenters. The smallest absolute Gasteiger partial charge is 0.262 e. The molecule has 0 aliphatic heterocycles. The van der Waals surface area contributed by atoms with Gasteiger partial charge in [-0.3, -0.25) is 4.79 Å². The number of alkyl halides is 1. The van der Waals surface area contributed by atoms with Crippen molar-refractivity contribution >= 4 is 44.8 Å². The number of halogens is 2. The van der Waals surface area contributed by atoms with Crippen LogP contribution in [0.25, 0.3) is 0 Å². The lowest BCUT2D eigenvalue weighted by atomic mass is 10.3. The van der Waals surface area contributed by atoms with Gasteiger partial charge in [0.1, 0.15) is 4.88 Å². The summed E-state index contributed by atoms with van der Waals surface area (Å²) >= 11 is 10.7. The molecule has 0 saturated carbocycles. The molecule has 0 spiro atoms. The van der Waals surface area contributed by atoms with Gasteiger partial charge < -0.3 is 5.32 Å². The number of unbranched alkanes of at least 4 members (excludes halogenated alkanes) is 1. The van der Waals surface area contributed by atoms with E-state index in [-0.39, 0.29) is 5.91 Å². The van der Waals surface area contributed by atoms with Crippen LogP contribution >= 0.6 is 38.9 Å². The zero-order valence-electron chi connectivity index (χ0n) is 8.48. The Morgan fingerprint density at radius 3 is 2.87 bits per heavy atom. The maximum Gasteiger partial charge on any atom is 0.262 e. The minimum Gasteiger partial charge on any atom is -0.351 e. The van der Waals surface area contributed by atoms with Gasteiger partial charge in [-0.25, -0.2) is 0 Å². The first kappa shape index (κ1) is 13.0. The fourth-order valence-corrected chi connectivity index (χ4v) is 2.68. The van der Waals surface area contributed by atoms with Crippen LogP contribution in [-0.2, 0) is 0 Å². The Labute approximate surface area is 107 Å². The Morgan fingerprint density at radius 2 is 2.33 bits per heavy atom. The highest BCUT2D eigenvalue weighted by atomic mass is 79.9. The molecule has 1 N–H and O–H groups in total. The predicted molar refractivity (Wildman–Crippen MR) is 69.4 cm³/mol. The van der Waals surface area contributed by atoms with Crippen LogP contribution in [0.4, 0.5) is 0 Å². The van der Waals surface area contributed by atoms with Crippen LogP contribution in [0.2, 0.25) is 5.02 Å². The zero-order valence-corrected chi connectivity index (χ0v) is 11.6. The van der Waals surface area contributed by atoms with Crippen molar-refractivity contribution in [1.82, 2.24) is 5.32 Å². The van der Waals surface area contributed by atoms with E-state index in [1.54, 1.807) is 0 Å². The third-order valence-corrected chi connectivity index (χ3v) is 4.21. The van der Waals surface area contributed by atoms with Crippen molar-refractivity contribution in [3.63, 3.8) is 0 Å². The van der Waals surface area contributed by atoms with Crippen molar-refractivity contribution in [2.45, 2.75) is 19.8 Å². The molecule has 1 rings (SSSR count). The van der Waals surface area contributed by atoms with Crippen LogP contribution in [-0.4, -0.2) is 17.8 Å². The van der Waals surface area contributed by atoms with Crippen molar-refractivity contribution in [3.8, 4) is 0 Å². The fourth-order valence-electron chi connectivity index (χ4n) is 1.08. The molecule has 0 radical (unpaired) electrons. The maximum absolute atomic E-state index is 11.6. The summed E-state index contributed by atoms with van der Waals surface area (Å²) in [5, 5.41) is 6.31. The Morgan fingerprint density at radius 1 is 1.60 bits per heavy atom. The van der Waals surface area contributed by atoms with Crippen molar-refractivity contribution < 1.29 is 4.79 Å². The van der Waals surface area contributed by atoms with Gasteiger partial charge in [0.25, 0.3) is 5.91 Å². The largest absolute Gasteiger partial charge is 0.351 e. The van der Waals surface area contributed by atoms with E-state index in [1.807, 2.05) is 12.3 Å². The third kappa shape index (κ3) is 3.78. The molecular weight excluding hydrogens is 298 g/mol. The third-order valence-electron chi connectivity index (χ3n) is 1.95. The monoisotopic (exact) mass is 309 g/mol. The second kappa shape index (κ2) is 6.51. The SMILES string of the molecule is Cc1csc(C(=O)NCCCCBr)c1Cl. The molecule has 84 valence electrons. The van der Waals surface area contributed by atoms with Crippen LogP contribution in [0, 0.1) is 6.92 Å². The molecule has 0 aliphatic carbocycles. The standard InChI is InChI=1S/C10H13BrClNOS/c1-7-6-15-9(8(7)12)10(14)13-5-3-2-4-11/h6H,2-5H2,1H3,(H,13,14). The number of amides is 1. The summed E-state index contributed by atoms with van der Waals surface area (Å²) < 4.78 is 0. The molecule has 0 bridgehead atoms. The van der Waals surface area contributed by atoms with Crippen LogP contribution < -0.4 is 5.32 Å². The second-order valence-electron chi connectivity index (χ2n) is 3.21. The van der Waals surface area contributed by atoms with Gasteiger partial charge in [0, 0.05) is 11.9 Å². The van der Waals surface area contributed by atoms with E-state index < -0.39 is 0 Å². The van der Waals surface area contributed by atoms with E-state index in [2.05, 4.69) is 21.2 Å². The predicted octanol–water partition coefficient (Wildman–Crippen LogP) is 3.61. The number of carbonyl (C=O) groups is 1. The van der Waals surface area contributed by atoms with Gasteiger partial charge in [-0.05, 0) is 30.7 Å². The summed E-state index contributed by atoms with van der Waals surface area (Å²) in [4.78, 5) is 12.3. The second-order valence-corrected chi connectivity index (χ2v) is 5.26. The Kier molecular flexibility index (Phi) is 5.64. The summed E-state index contributed by atoms with van der Waals surface area (Å²) in [5.74, 6) is -0.0623. The highest BCUT2D eigenvalue weighted by Crippen LogP contribution is 2.26. The van der Waals surface area contributed by atoms with Crippen molar-refractivity contribution in [2.75, 3.05) is 11.9 Å². The summed E-state index contributed by atoms with van der Waals surface area (Å²) in [6, 6.07) is 0. The zero-order chi connectivity index (χ0) is 11.3. The minimum atomic E-state index is -0.0623. The molecule has 0 aromatic carbocycles. The first-order valence-electron chi connectivity index (χ1n) is 4.74. The van der Waals surface area contributed by atoms with Crippen molar-refractivity contribution in [3.05, 3.63) is 20.8 Å². The van der Waals surface area contributed by atoms with Gasteiger partial charge in [-0.15, -0.1) is 11.3 Å². The number of thiophene rings is 1. The van der Waals surface area contributed by atoms with Gasteiger partial charge in [0.15, 0.2) is 0 Å². The molecular formula is C10H13BrClNOS. The topological polar surface area (TPSA) is 29.1 Å². The Hall–Kier alpha value is -0.0600. The summed E-state index contributed by atoms with van der Waals surface area (Å²) in [6.07, 6.45) is 2.05. The van der Waals surface area contributed by atoms with Gasteiger partial charge in [0.2, 0.25) is 0 Å². The molecule has 0 fully saturated rings. The number of rotatable bonds is 5. The highest BCUT2D eigenvalue weighted by molar-refractivity contribution is 9.09. The van der Waals surface area contributed by atoms with E-state index in [0.717, 1.165) is 23.7 Å². The number of aryl methyl sites for hydroxylation is 1. The summed E-state index contributed by atoms with van der Waals surface area (Å²) in [6.45, 7) is 2.61. The first-order valence-corrected chi connectivity index (χ1v) is 7.12. The molecule has 1 amide bonds. The maximum atomic E-state index is 11.6. The molecule has 0 atom stereocenters. The Balaban J connectivity index is 2.44. The van der Waals surface area contributed by atoms with E-state index >= 15 is 0 Å². The molecule has 5 heteroatoms. The number of nitrogens with one attached hydrogen (secondary N) is 1. The van der Waals surface area contributed by atoms with Crippen LogP contribution in [0.3, 0.4) is 0 Å². The average Bonchev–Trinajstić information content (AvgIpc) is 2.55. The Bertz CT molecular complexity index is 340. The fraction of sp³-hybridized carbons (Fsp3) is 0.500. The average molecular weight is 311 g/mol. The number of carbonyl (C=O) groups excluding carboxylic acids is 1. The van der Waals surface area contributed by atoms with Crippen molar-refractivity contribution in [2.24, 2.45) is 0 Å². The molecule has 1 aromatic rings. The molecule has 1 aromatic heterocycles. The van der Waals surface area contributed by atoms with E-state index in [4.69, 9.17) is 11.6 Å². The lowest BCUT2D eigenvalue weighted by Crippen LogP contribution is -2.23. The number of hydrogen-bond donors (Lipinski definition) is 1. The van der Waals surface area contributed by atoms with Gasteiger partial charge in [0.05, 0.1) is 5.02 Å². The molecule has 15 heavy (non-hydrogen) atoms. The van der Waals surface area contributed by atoms with E-state index in [0.29, 0.717) is 16.4 Å². The van der Waals surface area contributed by atoms with Gasteiger partial charge >= 0.3 is 0 Å².